The van der Waals surface area contributed by atoms with Crippen molar-refractivity contribution in [1.29, 1.82) is 0 Å². The van der Waals surface area contributed by atoms with Gasteiger partial charge in [-0.15, -0.1) is 0 Å². The van der Waals surface area contributed by atoms with Crippen molar-refractivity contribution in [3.8, 4) is 5.75 Å². The molecule has 3 N–H and O–H groups in total. The third kappa shape index (κ3) is 9.57. The summed E-state index contributed by atoms with van der Waals surface area (Å²) in [6, 6.07) is 18.4. The zero-order valence-electron chi connectivity index (χ0n) is 41.7. The largest absolute Gasteiger partial charge is 0.494 e. The summed E-state index contributed by atoms with van der Waals surface area (Å²) in [7, 11) is -0.944. The van der Waals surface area contributed by atoms with Crippen LogP contribution in [0.25, 0.3) is 10.9 Å². The van der Waals surface area contributed by atoms with Gasteiger partial charge in [-0.25, -0.2) is 4.98 Å². The van der Waals surface area contributed by atoms with Gasteiger partial charge in [0, 0.05) is 111 Å². The molecule has 1 unspecified atom stereocenters. The number of aromatic nitrogens is 3. The van der Waals surface area contributed by atoms with E-state index in [4.69, 9.17) is 14.7 Å². The lowest BCUT2D eigenvalue weighted by Gasteiger charge is -2.43. The van der Waals surface area contributed by atoms with Crippen LogP contribution in [-0.4, -0.2) is 120 Å². The Balaban J connectivity index is 0.767. The van der Waals surface area contributed by atoms with Crippen LogP contribution in [-0.2, 0) is 43.6 Å². The fraction of sp³-hybridized carbons (Fsp3) is 0.481. The Labute approximate surface area is 425 Å². The molecule has 4 fully saturated rings. The molecule has 71 heavy (non-hydrogen) atoms. The predicted molar refractivity (Wildman–Crippen MR) is 286 cm³/mol. The quantitative estimate of drug-likeness (QED) is 0.0718. The minimum absolute atomic E-state index is 0.0839. The van der Waals surface area contributed by atoms with Gasteiger partial charge in [-0.2, -0.15) is 4.98 Å². The molecule has 10 rings (SSSR count). The van der Waals surface area contributed by atoms with Crippen molar-refractivity contribution < 1.29 is 23.7 Å². The molecule has 3 aromatic carbocycles. The van der Waals surface area contributed by atoms with Gasteiger partial charge >= 0.3 is 0 Å². The Kier molecular flexibility index (Phi) is 14.0. The number of nitrogens with zero attached hydrogens (tertiary/aromatic N) is 7. The van der Waals surface area contributed by atoms with Gasteiger partial charge in [-0.1, -0.05) is 32.0 Å². The van der Waals surface area contributed by atoms with Gasteiger partial charge in [-0.3, -0.25) is 34.5 Å². The average molecular weight is 1050 g/mol. The zero-order valence-corrected chi connectivity index (χ0v) is 44.1. The topological polar surface area (TPSA) is 165 Å². The van der Waals surface area contributed by atoms with Crippen molar-refractivity contribution in [3.05, 3.63) is 87.7 Å². The number of imide groups is 1. The molecule has 7 heterocycles. The first kappa shape index (κ1) is 49.2. The Bertz CT molecular complexity index is 2920. The molecule has 374 valence electrons. The van der Waals surface area contributed by atoms with Crippen molar-refractivity contribution in [1.82, 2.24) is 30.1 Å². The van der Waals surface area contributed by atoms with Crippen LogP contribution in [0.2, 0.25) is 0 Å². The van der Waals surface area contributed by atoms with E-state index in [0.29, 0.717) is 46.8 Å². The second-order valence-electron chi connectivity index (χ2n) is 20.3. The molecular formula is C54H66BrN10O5P. The van der Waals surface area contributed by atoms with Gasteiger partial charge in [0.2, 0.25) is 23.7 Å². The standard InChI is InChI=1S/C54H66BrN10O5P/c1-6-34-31-42(59-53-56-33-39(55)50(61-53)58-41-16-15-40-38(14-13-36(7-2)57-40)49(41)71(69)29-8-9-30-71)46(70-5)32-45(34)64-23-20-37(21-24-64)63-27-25-62(26-28-63)22-19-35-11-10-12-43-48(35)54(3,4)52(68)65(43)44-17-18-47(66)60-51(44)67/h10-16,31-33,37,44H,6-9,17-30H2,1-5H3,(H,60,66,67)(H2,56,58,59,61). The summed E-state index contributed by atoms with van der Waals surface area (Å²) in [6.07, 6.45) is 10.3. The van der Waals surface area contributed by atoms with Crippen LogP contribution >= 0.6 is 23.1 Å². The van der Waals surface area contributed by atoms with E-state index in [-0.39, 0.29) is 18.2 Å². The number of amides is 3. The Morgan fingerprint density at radius 2 is 1.63 bits per heavy atom. The molecule has 0 bridgehead atoms. The van der Waals surface area contributed by atoms with E-state index in [1.54, 1.807) is 18.2 Å². The van der Waals surface area contributed by atoms with Crippen molar-refractivity contribution in [2.45, 2.75) is 103 Å². The second-order valence-corrected chi connectivity index (χ2v) is 24.3. The number of pyridine rings is 1. The molecule has 2 aromatic heterocycles. The number of carbonyl (C=O) groups excluding carboxylic acids is 3. The van der Waals surface area contributed by atoms with Gasteiger partial charge in [0.25, 0.3) is 0 Å². The Morgan fingerprint density at radius 1 is 0.859 bits per heavy atom. The average Bonchev–Trinajstić information content (AvgIpc) is 3.91. The highest BCUT2D eigenvalue weighted by Crippen LogP contribution is 2.54. The Hall–Kier alpha value is -5.41. The number of hydrogen-bond acceptors (Lipinski definition) is 13. The summed E-state index contributed by atoms with van der Waals surface area (Å²) in [5.74, 6) is 0.940. The number of rotatable bonds is 14. The lowest BCUT2D eigenvalue weighted by molar-refractivity contribution is -0.136. The minimum atomic E-state index is -2.65. The van der Waals surface area contributed by atoms with Crippen LogP contribution in [0.3, 0.4) is 0 Å². The molecule has 15 nitrogen and oxygen atoms in total. The molecular weight excluding hydrogens is 980 g/mol. The summed E-state index contributed by atoms with van der Waals surface area (Å²) in [5, 5.41) is 11.3. The highest BCUT2D eigenvalue weighted by molar-refractivity contribution is 9.10. The predicted octanol–water partition coefficient (Wildman–Crippen LogP) is 8.45. The van der Waals surface area contributed by atoms with Gasteiger partial charge in [0.1, 0.15) is 24.8 Å². The van der Waals surface area contributed by atoms with Crippen LogP contribution in [0.4, 0.5) is 34.5 Å². The molecule has 0 aliphatic carbocycles. The molecule has 5 aliphatic heterocycles. The van der Waals surface area contributed by atoms with E-state index < -0.39 is 24.5 Å². The highest BCUT2D eigenvalue weighted by atomic mass is 79.9. The SMILES string of the molecule is CCc1ccc2c(P3(=O)CCCC3)c(Nc3nc(Nc4cc(CC)c(N5CCC(N6CCN(CCc7cccc8c7C(C)(C)C(=O)N8C7CCC(=O)NC7=O)CC6)CC5)cc4OC)ncc3Br)ccc2n1. The molecule has 3 amide bonds. The summed E-state index contributed by atoms with van der Waals surface area (Å²) < 4.78 is 21.3. The van der Waals surface area contributed by atoms with Crippen LogP contribution in [0.5, 0.6) is 5.75 Å². The summed E-state index contributed by atoms with van der Waals surface area (Å²) in [6.45, 7) is 15.1. The molecule has 1 atom stereocenters. The molecule has 17 heteroatoms. The number of piperidine rings is 2. The third-order valence-electron chi connectivity index (χ3n) is 15.7. The number of benzene rings is 3. The maximum absolute atomic E-state index is 14.5. The van der Waals surface area contributed by atoms with Gasteiger partial charge < -0.3 is 29.7 Å². The number of hydrogen-bond donors (Lipinski definition) is 3. The number of nitrogens with one attached hydrogen (secondary N) is 3. The molecule has 0 radical (unpaired) electrons. The van der Waals surface area contributed by atoms with E-state index >= 15 is 0 Å². The molecule has 4 saturated heterocycles. The normalized spacial score (nSPS) is 20.6. The minimum Gasteiger partial charge on any atom is -0.494 e. The second kappa shape index (κ2) is 20.2. The van der Waals surface area contributed by atoms with Crippen molar-refractivity contribution in [2.24, 2.45) is 0 Å². The molecule has 5 aromatic rings. The van der Waals surface area contributed by atoms with Crippen LogP contribution in [0, 0.1) is 0 Å². The molecule has 0 saturated carbocycles. The van der Waals surface area contributed by atoms with E-state index in [9.17, 15) is 18.9 Å². The maximum Gasteiger partial charge on any atom is 0.249 e. The van der Waals surface area contributed by atoms with Gasteiger partial charge in [0.05, 0.1) is 33.9 Å². The van der Waals surface area contributed by atoms with E-state index in [1.165, 1.54) is 11.3 Å². The lowest BCUT2D eigenvalue weighted by Crippen LogP contribution is -2.55. The van der Waals surface area contributed by atoms with Crippen LogP contribution in [0.15, 0.2) is 65.3 Å². The lowest BCUT2D eigenvalue weighted by atomic mass is 9.82. The fourth-order valence-electron chi connectivity index (χ4n) is 11.8. The number of ether oxygens (including phenoxy) is 1. The number of fused-ring (bicyclic) bond motifs is 2. The summed E-state index contributed by atoms with van der Waals surface area (Å²) >= 11 is 3.68. The van der Waals surface area contributed by atoms with E-state index in [2.05, 4.69) is 89.7 Å². The third-order valence-corrected chi connectivity index (χ3v) is 19.7. The monoisotopic (exact) mass is 1040 g/mol. The molecule has 0 spiro atoms. The first-order valence-electron chi connectivity index (χ1n) is 25.6. The van der Waals surface area contributed by atoms with Crippen molar-refractivity contribution >= 4 is 91.5 Å². The number of methoxy groups -OCH3 is 1. The zero-order chi connectivity index (χ0) is 49.6. The first-order chi connectivity index (χ1) is 34.3. The van der Waals surface area contributed by atoms with E-state index in [1.807, 2.05) is 44.2 Å². The number of aryl methyl sites for hydroxylation is 2. The fourth-order valence-corrected chi connectivity index (χ4v) is 15.5. The number of halogens is 1. The number of carbonyl (C=O) groups is 3. The summed E-state index contributed by atoms with van der Waals surface area (Å²) in [5.41, 5.74) is 8.07. The first-order valence-corrected chi connectivity index (χ1v) is 28.5. The number of piperazine rings is 1. The van der Waals surface area contributed by atoms with Crippen LogP contribution < -0.4 is 35.8 Å². The van der Waals surface area contributed by atoms with Crippen molar-refractivity contribution in [3.63, 3.8) is 0 Å². The van der Waals surface area contributed by atoms with E-state index in [0.717, 1.165) is 141 Å². The highest BCUT2D eigenvalue weighted by Gasteiger charge is 2.50. The van der Waals surface area contributed by atoms with Gasteiger partial charge in [0.15, 0.2) is 0 Å². The smallest absolute Gasteiger partial charge is 0.249 e. The van der Waals surface area contributed by atoms with Crippen molar-refractivity contribution in [2.75, 3.05) is 85.7 Å². The number of anilines is 6. The van der Waals surface area contributed by atoms with Crippen LogP contribution in [0.1, 0.15) is 88.6 Å². The summed E-state index contributed by atoms with van der Waals surface area (Å²) in [4.78, 5) is 62.5. The maximum atomic E-state index is 14.5. The molecule has 5 aliphatic rings. The Morgan fingerprint density at radius 3 is 2.35 bits per heavy atom. The van der Waals surface area contributed by atoms with Gasteiger partial charge in [-0.05, 0) is 128 Å².